The fourth-order valence-electron chi connectivity index (χ4n) is 1.15. The zero-order chi connectivity index (χ0) is 7.40. The van der Waals surface area contributed by atoms with Crippen molar-refractivity contribution in [3.05, 3.63) is 0 Å². The van der Waals surface area contributed by atoms with E-state index in [2.05, 4.69) is 17.6 Å². The van der Waals surface area contributed by atoms with Gasteiger partial charge >= 0.3 is 0 Å². The molecule has 1 fully saturated rings. The minimum Gasteiger partial charge on any atom is -0.383 e. The van der Waals surface area contributed by atoms with Gasteiger partial charge < -0.3 is 15.4 Å². The zero-order valence-corrected chi connectivity index (χ0v) is 9.13. The highest BCUT2D eigenvalue weighted by Crippen LogP contribution is 1.92. The summed E-state index contributed by atoms with van der Waals surface area (Å²) in [5.74, 6) is 0. The van der Waals surface area contributed by atoms with Crippen molar-refractivity contribution >= 4 is 24.8 Å². The molecule has 0 bridgehead atoms. The van der Waals surface area contributed by atoms with Gasteiger partial charge in [0, 0.05) is 32.3 Å². The normalized spacial score (nSPS) is 28.5. The third-order valence-electron chi connectivity index (χ3n) is 1.79. The topological polar surface area (TPSA) is 33.3 Å². The molecule has 5 heteroatoms. The Kier molecular flexibility index (Phi) is 10.1. The van der Waals surface area contributed by atoms with Crippen molar-refractivity contribution in [2.24, 2.45) is 0 Å². The molecule has 1 rings (SSSR count). The largest absolute Gasteiger partial charge is 0.383 e. The third-order valence-corrected chi connectivity index (χ3v) is 1.79. The molecule has 0 aromatic heterocycles. The average molecular weight is 217 g/mol. The number of piperazine rings is 1. The van der Waals surface area contributed by atoms with Crippen LogP contribution in [0.5, 0.6) is 0 Å². The highest BCUT2D eigenvalue weighted by Gasteiger charge is 2.15. The van der Waals surface area contributed by atoms with Gasteiger partial charge in [0.2, 0.25) is 0 Å². The molecule has 2 atom stereocenters. The summed E-state index contributed by atoms with van der Waals surface area (Å²) in [6.45, 7) is 5.05. The maximum Gasteiger partial charge on any atom is 0.0628 e. The maximum atomic E-state index is 5.01. The first kappa shape index (κ1) is 15.0. The SMILES string of the molecule is COC[C@H]1CN[C@H](C)CN1.Cl.Cl. The van der Waals surface area contributed by atoms with E-state index in [0.29, 0.717) is 12.1 Å². The summed E-state index contributed by atoms with van der Waals surface area (Å²) in [4.78, 5) is 0. The molecule has 1 saturated heterocycles. The Bertz CT molecular complexity index is 97.4. The van der Waals surface area contributed by atoms with Crippen molar-refractivity contribution in [3.63, 3.8) is 0 Å². The van der Waals surface area contributed by atoms with Crippen LogP contribution in [0, 0.1) is 0 Å². The Balaban J connectivity index is 0. The van der Waals surface area contributed by atoms with Crippen LogP contribution in [-0.2, 0) is 4.74 Å². The van der Waals surface area contributed by atoms with Crippen LogP contribution in [0.4, 0.5) is 0 Å². The molecule has 0 saturated carbocycles. The molecule has 0 unspecified atom stereocenters. The van der Waals surface area contributed by atoms with Crippen molar-refractivity contribution in [2.45, 2.75) is 19.0 Å². The molecule has 1 heterocycles. The summed E-state index contributed by atoms with van der Waals surface area (Å²) in [5.41, 5.74) is 0. The molecule has 1 aliphatic heterocycles. The van der Waals surface area contributed by atoms with Gasteiger partial charge in [0.05, 0.1) is 6.61 Å². The Hall–Kier alpha value is 0.460. The van der Waals surface area contributed by atoms with Gasteiger partial charge in [0.1, 0.15) is 0 Å². The van der Waals surface area contributed by atoms with Gasteiger partial charge in [-0.05, 0) is 6.92 Å². The zero-order valence-electron chi connectivity index (χ0n) is 7.50. The van der Waals surface area contributed by atoms with Gasteiger partial charge in [-0.3, -0.25) is 0 Å². The van der Waals surface area contributed by atoms with E-state index in [0.717, 1.165) is 19.7 Å². The van der Waals surface area contributed by atoms with Crippen LogP contribution >= 0.6 is 24.8 Å². The molecule has 0 spiro atoms. The second-order valence-electron chi connectivity index (χ2n) is 2.87. The highest BCUT2D eigenvalue weighted by atomic mass is 35.5. The molecule has 1 aliphatic rings. The summed E-state index contributed by atoms with van der Waals surface area (Å²) in [6, 6.07) is 1.11. The number of halogens is 2. The molecule has 0 aromatic rings. The van der Waals surface area contributed by atoms with Gasteiger partial charge in [-0.1, -0.05) is 0 Å². The van der Waals surface area contributed by atoms with Crippen LogP contribution < -0.4 is 10.6 Å². The molecule has 3 nitrogen and oxygen atoms in total. The van der Waals surface area contributed by atoms with Gasteiger partial charge in [-0.2, -0.15) is 0 Å². The van der Waals surface area contributed by atoms with Crippen molar-refractivity contribution in [3.8, 4) is 0 Å². The lowest BCUT2D eigenvalue weighted by atomic mass is 10.2. The Morgan fingerprint density at radius 2 is 1.92 bits per heavy atom. The van der Waals surface area contributed by atoms with Crippen LogP contribution in [0.1, 0.15) is 6.92 Å². The first-order chi connectivity index (χ1) is 4.83. The number of nitrogens with one attached hydrogen (secondary N) is 2. The monoisotopic (exact) mass is 216 g/mol. The number of ether oxygens (including phenoxy) is 1. The molecule has 2 N–H and O–H groups in total. The molecular weight excluding hydrogens is 199 g/mol. The fraction of sp³-hybridized carbons (Fsp3) is 1.00. The van der Waals surface area contributed by atoms with E-state index in [1.54, 1.807) is 7.11 Å². The smallest absolute Gasteiger partial charge is 0.0628 e. The van der Waals surface area contributed by atoms with Crippen molar-refractivity contribution in [1.82, 2.24) is 10.6 Å². The van der Waals surface area contributed by atoms with Crippen LogP contribution in [0.25, 0.3) is 0 Å². The predicted octanol–water partition coefficient (Wildman–Crippen LogP) is 0.426. The minimum atomic E-state index is 0. The third kappa shape index (κ3) is 5.17. The van der Waals surface area contributed by atoms with E-state index in [-0.39, 0.29) is 24.8 Å². The number of hydrogen-bond donors (Lipinski definition) is 2. The standard InChI is InChI=1S/C7H16N2O.2ClH/c1-6-3-9-7(4-8-6)5-10-2;;/h6-9H,3-5H2,1-2H3;2*1H/t6-,7-;;/m1../s1. The quantitative estimate of drug-likeness (QED) is 0.703. The molecule has 12 heavy (non-hydrogen) atoms. The number of hydrogen-bond acceptors (Lipinski definition) is 3. The fourth-order valence-corrected chi connectivity index (χ4v) is 1.15. The lowest BCUT2D eigenvalue weighted by Gasteiger charge is -2.28. The first-order valence-electron chi connectivity index (χ1n) is 3.78. The molecular formula is C7H18Cl2N2O. The van der Waals surface area contributed by atoms with Gasteiger partial charge in [-0.15, -0.1) is 24.8 Å². The summed E-state index contributed by atoms with van der Waals surface area (Å²) in [5, 5.41) is 6.76. The predicted molar refractivity (Wildman–Crippen MR) is 55.6 cm³/mol. The first-order valence-corrected chi connectivity index (χ1v) is 3.78. The molecule has 0 amide bonds. The highest BCUT2D eigenvalue weighted by molar-refractivity contribution is 5.85. The number of rotatable bonds is 2. The van der Waals surface area contributed by atoms with E-state index in [1.807, 2.05) is 0 Å². The second kappa shape index (κ2) is 8.08. The van der Waals surface area contributed by atoms with E-state index >= 15 is 0 Å². The second-order valence-corrected chi connectivity index (χ2v) is 2.87. The Morgan fingerprint density at radius 3 is 2.33 bits per heavy atom. The van der Waals surface area contributed by atoms with E-state index in [9.17, 15) is 0 Å². The van der Waals surface area contributed by atoms with Crippen LogP contribution in [0.3, 0.4) is 0 Å². The lowest BCUT2D eigenvalue weighted by molar-refractivity contribution is 0.153. The van der Waals surface area contributed by atoms with Gasteiger partial charge in [0.25, 0.3) is 0 Å². The summed E-state index contributed by atoms with van der Waals surface area (Å²) >= 11 is 0. The summed E-state index contributed by atoms with van der Waals surface area (Å²) in [7, 11) is 1.74. The minimum absolute atomic E-state index is 0. The molecule has 0 aromatic carbocycles. The maximum absolute atomic E-state index is 5.01. The molecule has 76 valence electrons. The summed E-state index contributed by atoms with van der Waals surface area (Å²) in [6.07, 6.45) is 0. The van der Waals surface area contributed by atoms with E-state index < -0.39 is 0 Å². The van der Waals surface area contributed by atoms with Crippen LogP contribution in [0.2, 0.25) is 0 Å². The van der Waals surface area contributed by atoms with Crippen molar-refractivity contribution in [1.29, 1.82) is 0 Å². The lowest BCUT2D eigenvalue weighted by Crippen LogP contribution is -2.54. The van der Waals surface area contributed by atoms with Crippen molar-refractivity contribution in [2.75, 3.05) is 26.8 Å². The Labute approximate surface area is 86.4 Å². The van der Waals surface area contributed by atoms with Crippen LogP contribution in [0.15, 0.2) is 0 Å². The Morgan fingerprint density at radius 1 is 1.25 bits per heavy atom. The van der Waals surface area contributed by atoms with E-state index in [4.69, 9.17) is 4.74 Å². The molecule has 0 radical (unpaired) electrons. The van der Waals surface area contributed by atoms with E-state index in [1.165, 1.54) is 0 Å². The van der Waals surface area contributed by atoms with Gasteiger partial charge in [0.15, 0.2) is 0 Å². The average Bonchev–Trinajstić information content (AvgIpc) is 1.95. The van der Waals surface area contributed by atoms with Crippen LogP contribution in [-0.4, -0.2) is 38.9 Å². The number of methoxy groups -OCH3 is 1. The van der Waals surface area contributed by atoms with Gasteiger partial charge in [-0.25, -0.2) is 0 Å². The summed E-state index contributed by atoms with van der Waals surface area (Å²) < 4.78 is 5.01. The van der Waals surface area contributed by atoms with Crippen molar-refractivity contribution < 1.29 is 4.74 Å². The molecule has 0 aliphatic carbocycles.